The van der Waals surface area contributed by atoms with Crippen molar-refractivity contribution in [3.05, 3.63) is 24.7 Å². The molecule has 0 saturated heterocycles. The van der Waals surface area contributed by atoms with Gasteiger partial charge in [0, 0.05) is 12.1 Å². The van der Waals surface area contributed by atoms with Crippen LogP contribution in [0.4, 0.5) is 5.82 Å². The first-order chi connectivity index (χ1) is 10.3. The van der Waals surface area contributed by atoms with Gasteiger partial charge in [-0.1, -0.05) is 0 Å². The van der Waals surface area contributed by atoms with Crippen LogP contribution in [0.25, 0.3) is 11.0 Å². The fourth-order valence-corrected chi connectivity index (χ4v) is 2.87. The van der Waals surface area contributed by atoms with E-state index in [1.807, 2.05) is 12.1 Å². The fraction of sp³-hybridized carbons (Fsp3) is 0.467. The SMILES string of the molecule is NC[C@H]1CC[C@H](C(=O)Nc2ncnc3ncccc23)CC1. The summed E-state index contributed by atoms with van der Waals surface area (Å²) in [7, 11) is 0. The van der Waals surface area contributed by atoms with E-state index in [4.69, 9.17) is 5.73 Å². The van der Waals surface area contributed by atoms with E-state index < -0.39 is 0 Å². The minimum Gasteiger partial charge on any atom is -0.330 e. The minimum atomic E-state index is 0.0364. The molecule has 1 saturated carbocycles. The number of carbonyl (C=O) groups is 1. The molecule has 6 nitrogen and oxygen atoms in total. The van der Waals surface area contributed by atoms with Gasteiger partial charge in [-0.05, 0) is 50.3 Å². The molecule has 110 valence electrons. The van der Waals surface area contributed by atoms with E-state index in [0.29, 0.717) is 17.4 Å². The van der Waals surface area contributed by atoms with Gasteiger partial charge in [-0.15, -0.1) is 0 Å². The smallest absolute Gasteiger partial charge is 0.228 e. The Morgan fingerprint density at radius 1 is 1.24 bits per heavy atom. The van der Waals surface area contributed by atoms with Gasteiger partial charge < -0.3 is 11.1 Å². The highest BCUT2D eigenvalue weighted by Crippen LogP contribution is 2.29. The predicted molar refractivity (Wildman–Crippen MR) is 80.5 cm³/mol. The summed E-state index contributed by atoms with van der Waals surface area (Å²) < 4.78 is 0. The van der Waals surface area contributed by atoms with Crippen LogP contribution in [0.1, 0.15) is 25.7 Å². The zero-order chi connectivity index (χ0) is 14.7. The van der Waals surface area contributed by atoms with E-state index in [-0.39, 0.29) is 11.8 Å². The number of anilines is 1. The average molecular weight is 285 g/mol. The number of amides is 1. The first-order valence-electron chi connectivity index (χ1n) is 7.34. The third-order valence-corrected chi connectivity index (χ3v) is 4.20. The molecule has 1 aliphatic rings. The lowest BCUT2D eigenvalue weighted by Gasteiger charge is -2.26. The normalized spacial score (nSPS) is 22.1. The summed E-state index contributed by atoms with van der Waals surface area (Å²) in [6.45, 7) is 0.719. The van der Waals surface area contributed by atoms with Crippen molar-refractivity contribution in [3.63, 3.8) is 0 Å². The van der Waals surface area contributed by atoms with Crippen molar-refractivity contribution in [2.24, 2.45) is 17.6 Å². The number of nitrogens with one attached hydrogen (secondary N) is 1. The number of carbonyl (C=O) groups excluding carboxylic acids is 1. The predicted octanol–water partition coefficient (Wildman–Crippen LogP) is 1.73. The summed E-state index contributed by atoms with van der Waals surface area (Å²) in [4.78, 5) is 24.8. The third-order valence-electron chi connectivity index (χ3n) is 4.20. The number of aromatic nitrogens is 3. The van der Waals surface area contributed by atoms with Crippen molar-refractivity contribution in [2.75, 3.05) is 11.9 Å². The van der Waals surface area contributed by atoms with Crippen molar-refractivity contribution in [1.29, 1.82) is 0 Å². The van der Waals surface area contributed by atoms with E-state index in [2.05, 4.69) is 20.3 Å². The van der Waals surface area contributed by atoms with E-state index in [1.54, 1.807) is 6.20 Å². The van der Waals surface area contributed by atoms with Crippen molar-refractivity contribution in [1.82, 2.24) is 15.0 Å². The molecule has 0 radical (unpaired) electrons. The number of nitrogens with two attached hydrogens (primary N) is 1. The molecule has 0 spiro atoms. The molecule has 0 atom stereocenters. The van der Waals surface area contributed by atoms with Gasteiger partial charge in [0.1, 0.15) is 12.1 Å². The molecule has 0 unspecified atom stereocenters. The molecule has 2 aromatic heterocycles. The average Bonchev–Trinajstić information content (AvgIpc) is 2.55. The van der Waals surface area contributed by atoms with Crippen LogP contribution in [0.15, 0.2) is 24.7 Å². The molecule has 0 aromatic carbocycles. The number of hydrogen-bond donors (Lipinski definition) is 2. The van der Waals surface area contributed by atoms with Crippen LogP contribution in [0.5, 0.6) is 0 Å². The van der Waals surface area contributed by atoms with E-state index >= 15 is 0 Å². The summed E-state index contributed by atoms with van der Waals surface area (Å²) in [6, 6.07) is 3.68. The Kier molecular flexibility index (Phi) is 4.06. The van der Waals surface area contributed by atoms with E-state index in [0.717, 1.165) is 37.6 Å². The van der Waals surface area contributed by atoms with Gasteiger partial charge in [-0.2, -0.15) is 0 Å². The summed E-state index contributed by atoms with van der Waals surface area (Å²) in [5, 5.41) is 3.69. The van der Waals surface area contributed by atoms with E-state index in [9.17, 15) is 4.79 Å². The topological polar surface area (TPSA) is 93.8 Å². The van der Waals surface area contributed by atoms with Gasteiger partial charge >= 0.3 is 0 Å². The van der Waals surface area contributed by atoms with Crippen molar-refractivity contribution >= 4 is 22.8 Å². The maximum absolute atomic E-state index is 12.4. The Labute approximate surface area is 123 Å². The maximum atomic E-state index is 12.4. The molecule has 6 heteroatoms. The third kappa shape index (κ3) is 3.00. The van der Waals surface area contributed by atoms with Gasteiger partial charge in [0.05, 0.1) is 5.39 Å². The van der Waals surface area contributed by atoms with Crippen LogP contribution in [-0.2, 0) is 4.79 Å². The number of rotatable bonds is 3. The molecule has 0 bridgehead atoms. The molecule has 3 N–H and O–H groups in total. The highest BCUT2D eigenvalue weighted by Gasteiger charge is 2.26. The minimum absolute atomic E-state index is 0.0364. The molecule has 1 fully saturated rings. The quantitative estimate of drug-likeness (QED) is 0.895. The summed E-state index contributed by atoms with van der Waals surface area (Å²) in [5.41, 5.74) is 6.28. The zero-order valence-corrected chi connectivity index (χ0v) is 11.8. The molecule has 2 heterocycles. The van der Waals surface area contributed by atoms with Crippen LogP contribution in [0, 0.1) is 11.8 Å². The number of hydrogen-bond acceptors (Lipinski definition) is 5. The van der Waals surface area contributed by atoms with Gasteiger partial charge in [0.2, 0.25) is 5.91 Å². The van der Waals surface area contributed by atoms with Crippen LogP contribution in [0.2, 0.25) is 0 Å². The number of pyridine rings is 1. The second kappa shape index (κ2) is 6.13. The van der Waals surface area contributed by atoms with Crippen LogP contribution >= 0.6 is 0 Å². The molecule has 0 aliphatic heterocycles. The Morgan fingerprint density at radius 2 is 2.05 bits per heavy atom. The molecular formula is C15H19N5O. The largest absolute Gasteiger partial charge is 0.330 e. The molecule has 2 aromatic rings. The van der Waals surface area contributed by atoms with Gasteiger partial charge in [-0.25, -0.2) is 15.0 Å². The monoisotopic (exact) mass is 285 g/mol. The first-order valence-corrected chi connectivity index (χ1v) is 7.34. The van der Waals surface area contributed by atoms with Crippen LogP contribution in [0.3, 0.4) is 0 Å². The molecule has 21 heavy (non-hydrogen) atoms. The Balaban J connectivity index is 1.72. The first kappa shape index (κ1) is 13.9. The zero-order valence-electron chi connectivity index (χ0n) is 11.8. The number of fused-ring (bicyclic) bond motifs is 1. The van der Waals surface area contributed by atoms with E-state index in [1.165, 1.54) is 6.33 Å². The van der Waals surface area contributed by atoms with Crippen molar-refractivity contribution in [2.45, 2.75) is 25.7 Å². The van der Waals surface area contributed by atoms with Crippen LogP contribution < -0.4 is 11.1 Å². The van der Waals surface area contributed by atoms with Crippen molar-refractivity contribution in [3.8, 4) is 0 Å². The Morgan fingerprint density at radius 3 is 2.81 bits per heavy atom. The molecule has 1 amide bonds. The highest BCUT2D eigenvalue weighted by atomic mass is 16.1. The lowest BCUT2D eigenvalue weighted by molar-refractivity contribution is -0.121. The Bertz CT molecular complexity index is 632. The fourth-order valence-electron chi connectivity index (χ4n) is 2.87. The second-order valence-electron chi connectivity index (χ2n) is 5.54. The summed E-state index contributed by atoms with van der Waals surface area (Å²) >= 11 is 0. The Hall–Kier alpha value is -2.08. The van der Waals surface area contributed by atoms with Gasteiger partial charge in [0.25, 0.3) is 0 Å². The van der Waals surface area contributed by atoms with Gasteiger partial charge in [0.15, 0.2) is 5.65 Å². The maximum Gasteiger partial charge on any atom is 0.228 e. The lowest BCUT2D eigenvalue weighted by atomic mass is 9.81. The molecule has 1 aliphatic carbocycles. The van der Waals surface area contributed by atoms with Gasteiger partial charge in [-0.3, -0.25) is 4.79 Å². The number of nitrogens with zero attached hydrogens (tertiary/aromatic N) is 3. The molecular weight excluding hydrogens is 266 g/mol. The standard InChI is InChI=1S/C15H19N5O/c16-8-10-3-5-11(6-4-10)15(21)20-14-12-2-1-7-17-13(12)18-9-19-14/h1-2,7,9-11H,3-6,8,16H2,(H,17,18,19,20,21)/t10-,11-. The lowest BCUT2D eigenvalue weighted by Crippen LogP contribution is -2.29. The summed E-state index contributed by atoms with van der Waals surface area (Å²) in [6.07, 6.45) is 6.95. The molecule has 3 rings (SSSR count). The van der Waals surface area contributed by atoms with Crippen molar-refractivity contribution < 1.29 is 4.79 Å². The summed E-state index contributed by atoms with van der Waals surface area (Å²) in [5.74, 6) is 1.20. The second-order valence-corrected chi connectivity index (χ2v) is 5.54. The highest BCUT2D eigenvalue weighted by molar-refractivity contribution is 5.99. The van der Waals surface area contributed by atoms with Crippen LogP contribution in [-0.4, -0.2) is 27.4 Å².